The van der Waals surface area contributed by atoms with Gasteiger partial charge in [-0.05, 0) is 36.1 Å². The molecule has 0 saturated carbocycles. The number of hydrogen-bond donors (Lipinski definition) is 1. The maximum atomic E-state index is 5.96. The zero-order valence-electron chi connectivity index (χ0n) is 8.39. The second-order valence-electron chi connectivity index (χ2n) is 3.83. The number of benzene rings is 1. The molecule has 1 aromatic carbocycles. The van der Waals surface area contributed by atoms with Crippen LogP contribution in [0.2, 0.25) is 5.02 Å². The van der Waals surface area contributed by atoms with Gasteiger partial charge in [-0.25, -0.2) is 0 Å². The maximum Gasteiger partial charge on any atom is 0.0408 e. The maximum absolute atomic E-state index is 5.96. The van der Waals surface area contributed by atoms with Gasteiger partial charge in [0, 0.05) is 22.1 Å². The molecule has 15 heavy (non-hydrogen) atoms. The molecule has 0 saturated heterocycles. The van der Waals surface area contributed by atoms with Crippen LogP contribution in [0.1, 0.15) is 23.6 Å². The lowest BCUT2D eigenvalue weighted by Gasteiger charge is -2.13. The summed E-state index contributed by atoms with van der Waals surface area (Å²) in [7, 11) is 0. The molecule has 3 heteroatoms. The summed E-state index contributed by atoms with van der Waals surface area (Å²) in [4.78, 5) is 0. The normalized spacial score (nSPS) is 18.9. The number of rotatable bonds is 3. The van der Waals surface area contributed by atoms with Crippen LogP contribution in [0.25, 0.3) is 0 Å². The molecule has 1 unspecified atom stereocenters. The van der Waals surface area contributed by atoms with Crippen LogP contribution in [0.3, 0.4) is 0 Å². The molecule has 1 atom stereocenters. The van der Waals surface area contributed by atoms with Crippen molar-refractivity contribution in [3.63, 3.8) is 0 Å². The zero-order chi connectivity index (χ0) is 10.8. The summed E-state index contributed by atoms with van der Waals surface area (Å²) in [6.07, 6.45) is 2.26. The van der Waals surface area contributed by atoms with Crippen LogP contribution in [0.15, 0.2) is 29.3 Å². The average Bonchev–Trinajstić information content (AvgIpc) is 2.57. The van der Waals surface area contributed by atoms with Gasteiger partial charge in [0.1, 0.15) is 0 Å². The lowest BCUT2D eigenvalue weighted by molar-refractivity contribution is 0.563. The molecule has 1 N–H and O–H groups in total. The van der Waals surface area contributed by atoms with E-state index in [0.717, 1.165) is 28.9 Å². The van der Waals surface area contributed by atoms with E-state index in [1.807, 2.05) is 6.07 Å². The Balaban J connectivity index is 2.11. The Kier molecular flexibility index (Phi) is 3.49. The molecule has 0 radical (unpaired) electrons. The van der Waals surface area contributed by atoms with Crippen LogP contribution in [-0.4, -0.2) is 6.54 Å². The third-order valence-electron chi connectivity index (χ3n) is 2.72. The van der Waals surface area contributed by atoms with Crippen molar-refractivity contribution in [1.29, 1.82) is 0 Å². The molecule has 0 spiro atoms. The molecular formula is C12H13BrClN. The van der Waals surface area contributed by atoms with Crippen molar-refractivity contribution in [2.45, 2.75) is 18.9 Å². The van der Waals surface area contributed by atoms with Gasteiger partial charge in [-0.2, -0.15) is 0 Å². The zero-order valence-corrected chi connectivity index (χ0v) is 10.7. The minimum atomic E-state index is 0.451. The summed E-state index contributed by atoms with van der Waals surface area (Å²) >= 11 is 9.31. The predicted octanol–water partition coefficient (Wildman–Crippen LogP) is 3.83. The minimum Gasteiger partial charge on any atom is -0.305 e. The molecule has 1 aliphatic rings. The number of halogens is 2. The Morgan fingerprint density at radius 1 is 1.60 bits per heavy atom. The van der Waals surface area contributed by atoms with E-state index in [4.69, 9.17) is 11.6 Å². The Hall–Kier alpha value is -0.310. The van der Waals surface area contributed by atoms with E-state index in [9.17, 15) is 0 Å². The standard InChI is InChI=1S/C12H13BrClN/c1-8(13)7-15-12-5-2-9-6-10(14)3-4-11(9)12/h3-4,6,12,15H,1-2,5,7H2. The first kappa shape index (κ1) is 11.2. The summed E-state index contributed by atoms with van der Waals surface area (Å²) < 4.78 is 0.991. The van der Waals surface area contributed by atoms with Crippen LogP contribution >= 0.6 is 27.5 Å². The number of nitrogens with one attached hydrogen (secondary N) is 1. The Morgan fingerprint density at radius 2 is 2.40 bits per heavy atom. The molecule has 80 valence electrons. The Bertz CT molecular complexity index is 389. The molecular weight excluding hydrogens is 273 g/mol. The first-order valence-corrected chi connectivity index (χ1v) is 6.19. The van der Waals surface area contributed by atoms with Crippen LogP contribution in [-0.2, 0) is 6.42 Å². The van der Waals surface area contributed by atoms with Crippen LogP contribution in [0.5, 0.6) is 0 Å². The summed E-state index contributed by atoms with van der Waals surface area (Å²) in [5.41, 5.74) is 2.76. The van der Waals surface area contributed by atoms with Crippen molar-refractivity contribution in [2.75, 3.05) is 6.54 Å². The molecule has 0 heterocycles. The fourth-order valence-electron chi connectivity index (χ4n) is 2.03. The summed E-state index contributed by atoms with van der Waals surface area (Å²) in [6.45, 7) is 4.63. The van der Waals surface area contributed by atoms with Gasteiger partial charge in [-0.15, -0.1) is 0 Å². The molecule has 0 bridgehead atoms. The van der Waals surface area contributed by atoms with E-state index in [1.54, 1.807) is 0 Å². The number of hydrogen-bond acceptors (Lipinski definition) is 1. The van der Waals surface area contributed by atoms with E-state index < -0.39 is 0 Å². The van der Waals surface area contributed by atoms with Crippen molar-refractivity contribution < 1.29 is 0 Å². The fraction of sp³-hybridized carbons (Fsp3) is 0.333. The Labute approximate surface area is 104 Å². The summed E-state index contributed by atoms with van der Waals surface area (Å²) in [6, 6.07) is 6.61. The van der Waals surface area contributed by atoms with Gasteiger partial charge < -0.3 is 5.32 Å². The highest BCUT2D eigenvalue weighted by atomic mass is 79.9. The lowest BCUT2D eigenvalue weighted by atomic mass is 10.1. The van der Waals surface area contributed by atoms with Crippen LogP contribution in [0.4, 0.5) is 0 Å². The van der Waals surface area contributed by atoms with E-state index in [2.05, 4.69) is 40.0 Å². The minimum absolute atomic E-state index is 0.451. The lowest BCUT2D eigenvalue weighted by Crippen LogP contribution is -2.20. The van der Waals surface area contributed by atoms with Gasteiger partial charge in [0.15, 0.2) is 0 Å². The van der Waals surface area contributed by atoms with Gasteiger partial charge in [0.05, 0.1) is 0 Å². The number of fused-ring (bicyclic) bond motifs is 1. The molecule has 2 rings (SSSR count). The molecule has 1 aromatic rings. The second-order valence-corrected chi connectivity index (χ2v) is 5.39. The van der Waals surface area contributed by atoms with Crippen molar-refractivity contribution in [1.82, 2.24) is 5.32 Å². The number of aryl methyl sites for hydroxylation is 1. The molecule has 0 aliphatic heterocycles. The molecule has 0 amide bonds. The van der Waals surface area contributed by atoms with Crippen molar-refractivity contribution >= 4 is 27.5 Å². The molecule has 1 nitrogen and oxygen atoms in total. The van der Waals surface area contributed by atoms with E-state index in [1.165, 1.54) is 11.1 Å². The first-order valence-electron chi connectivity index (χ1n) is 5.02. The monoisotopic (exact) mass is 285 g/mol. The highest BCUT2D eigenvalue weighted by Crippen LogP contribution is 2.32. The smallest absolute Gasteiger partial charge is 0.0408 e. The van der Waals surface area contributed by atoms with Gasteiger partial charge in [-0.1, -0.05) is 40.2 Å². The summed E-state index contributed by atoms with van der Waals surface area (Å²) in [5, 5.41) is 4.30. The van der Waals surface area contributed by atoms with E-state index in [0.29, 0.717) is 6.04 Å². The Morgan fingerprint density at radius 3 is 3.13 bits per heavy atom. The molecule has 0 aromatic heterocycles. The quantitative estimate of drug-likeness (QED) is 0.890. The van der Waals surface area contributed by atoms with Crippen molar-refractivity contribution in [3.8, 4) is 0 Å². The van der Waals surface area contributed by atoms with Crippen LogP contribution < -0.4 is 5.32 Å². The largest absolute Gasteiger partial charge is 0.305 e. The van der Waals surface area contributed by atoms with Crippen molar-refractivity contribution in [2.24, 2.45) is 0 Å². The average molecular weight is 287 g/mol. The van der Waals surface area contributed by atoms with E-state index >= 15 is 0 Å². The third-order valence-corrected chi connectivity index (χ3v) is 3.24. The summed E-state index contributed by atoms with van der Waals surface area (Å²) in [5.74, 6) is 0. The van der Waals surface area contributed by atoms with Gasteiger partial charge in [0.25, 0.3) is 0 Å². The third kappa shape index (κ3) is 2.63. The highest BCUT2D eigenvalue weighted by molar-refractivity contribution is 9.11. The first-order chi connectivity index (χ1) is 7.16. The topological polar surface area (TPSA) is 12.0 Å². The predicted molar refractivity (Wildman–Crippen MR) is 68.6 cm³/mol. The highest BCUT2D eigenvalue weighted by Gasteiger charge is 2.21. The van der Waals surface area contributed by atoms with Gasteiger partial charge >= 0.3 is 0 Å². The molecule has 0 fully saturated rings. The van der Waals surface area contributed by atoms with E-state index in [-0.39, 0.29) is 0 Å². The van der Waals surface area contributed by atoms with Gasteiger partial charge in [-0.3, -0.25) is 0 Å². The van der Waals surface area contributed by atoms with Crippen LogP contribution in [0, 0.1) is 0 Å². The second kappa shape index (κ2) is 4.69. The van der Waals surface area contributed by atoms with Crippen molar-refractivity contribution in [3.05, 3.63) is 45.4 Å². The molecule has 1 aliphatic carbocycles. The fourth-order valence-corrected chi connectivity index (χ4v) is 2.39. The van der Waals surface area contributed by atoms with Gasteiger partial charge in [0.2, 0.25) is 0 Å². The SMILES string of the molecule is C=C(Br)CNC1CCc2cc(Cl)ccc21.